The minimum Gasteiger partial charge on any atom is -0.492 e. The van der Waals surface area contributed by atoms with Crippen LogP contribution in [0.1, 0.15) is 32.4 Å². The summed E-state index contributed by atoms with van der Waals surface area (Å²) in [7, 11) is 0. The molecule has 3 aromatic rings. The van der Waals surface area contributed by atoms with Crippen molar-refractivity contribution < 1.29 is 18.7 Å². The van der Waals surface area contributed by atoms with Crippen LogP contribution in [0, 0.1) is 5.82 Å². The fraction of sp³-hybridized carbons (Fsp3) is 0.308. The van der Waals surface area contributed by atoms with E-state index in [0.717, 1.165) is 31.1 Å². The van der Waals surface area contributed by atoms with Crippen molar-refractivity contribution in [3.63, 3.8) is 0 Å². The van der Waals surface area contributed by atoms with Crippen LogP contribution in [0.5, 0.6) is 11.5 Å². The Labute approximate surface area is 203 Å². The van der Waals surface area contributed by atoms with Gasteiger partial charge < -0.3 is 19.7 Å². The monoisotopic (exact) mass is 477 g/mol. The van der Waals surface area contributed by atoms with Gasteiger partial charge in [-0.25, -0.2) is 19.4 Å². The number of hydrogen-bond donors (Lipinski definition) is 1. The molecular weight excluding hydrogens is 449 g/mol. The second-order valence-electron chi connectivity index (χ2n) is 8.05. The van der Waals surface area contributed by atoms with E-state index in [0.29, 0.717) is 29.7 Å². The average molecular weight is 478 g/mol. The molecule has 182 valence electrons. The molecule has 0 fully saturated rings. The van der Waals surface area contributed by atoms with E-state index < -0.39 is 5.92 Å². The van der Waals surface area contributed by atoms with Crippen LogP contribution in [0.2, 0.25) is 0 Å². The largest absolute Gasteiger partial charge is 0.492 e. The highest BCUT2D eigenvalue weighted by Crippen LogP contribution is 2.32. The van der Waals surface area contributed by atoms with Crippen LogP contribution in [-0.4, -0.2) is 52.8 Å². The van der Waals surface area contributed by atoms with Gasteiger partial charge in [0.05, 0.1) is 17.8 Å². The van der Waals surface area contributed by atoms with E-state index in [4.69, 9.17) is 9.47 Å². The first-order chi connectivity index (χ1) is 17.0. The van der Waals surface area contributed by atoms with Crippen molar-refractivity contribution in [1.29, 1.82) is 0 Å². The number of Topliss-reactive ketones (excluding diaryl/α,β-unsaturated/α-hetero) is 1. The lowest BCUT2D eigenvalue weighted by molar-refractivity contribution is -0.115. The van der Waals surface area contributed by atoms with E-state index in [1.165, 1.54) is 24.3 Å². The molecule has 0 spiro atoms. The quantitative estimate of drug-likeness (QED) is 0.470. The summed E-state index contributed by atoms with van der Waals surface area (Å²) in [6.07, 6.45) is 1.55. The van der Waals surface area contributed by atoms with E-state index in [1.54, 1.807) is 13.1 Å². The zero-order valence-electron chi connectivity index (χ0n) is 20.0. The van der Waals surface area contributed by atoms with Crippen molar-refractivity contribution in [2.45, 2.75) is 26.7 Å². The van der Waals surface area contributed by atoms with Gasteiger partial charge >= 0.3 is 0 Å². The van der Waals surface area contributed by atoms with Gasteiger partial charge in [-0.05, 0) is 68.5 Å². The van der Waals surface area contributed by atoms with Crippen LogP contribution >= 0.6 is 0 Å². The molecule has 0 saturated heterocycles. The van der Waals surface area contributed by atoms with Gasteiger partial charge in [0.1, 0.15) is 29.6 Å². The standard InChI is InChI=1S/C26H28FN5O3/c1-4-32(5-2)14-15-34-20-12-8-19(9-13-20)29-26-28-16-22-23(31-26)17(3)24(33)25(30-22)35-21-10-6-18(27)7-11-21/h6-13,16-17H,4-5,14-15H2,1-3H3,(H,28,29,31). The topological polar surface area (TPSA) is 88.9 Å². The van der Waals surface area contributed by atoms with Crippen molar-refractivity contribution in [2.24, 2.45) is 4.99 Å². The number of halogens is 1. The van der Waals surface area contributed by atoms with E-state index in [9.17, 15) is 9.18 Å². The molecule has 1 aromatic heterocycles. The summed E-state index contributed by atoms with van der Waals surface area (Å²) >= 11 is 0. The molecule has 1 aliphatic rings. The number of rotatable bonds is 9. The third-order valence-electron chi connectivity index (χ3n) is 5.74. The maximum atomic E-state index is 13.1. The molecule has 0 amide bonds. The predicted molar refractivity (Wildman–Crippen MR) is 133 cm³/mol. The molecule has 1 N–H and O–H groups in total. The van der Waals surface area contributed by atoms with Crippen LogP contribution in [-0.2, 0) is 4.79 Å². The Bertz CT molecular complexity index is 1190. The number of likely N-dealkylation sites (N-methyl/N-ethyl adjacent to an activating group) is 1. The molecule has 1 unspecified atom stereocenters. The van der Waals surface area contributed by atoms with Gasteiger partial charge in [-0.1, -0.05) is 13.8 Å². The Kier molecular flexibility index (Phi) is 7.67. The zero-order valence-corrected chi connectivity index (χ0v) is 20.0. The third kappa shape index (κ3) is 5.99. The fourth-order valence-corrected chi connectivity index (χ4v) is 3.61. The summed E-state index contributed by atoms with van der Waals surface area (Å²) in [4.78, 5) is 28.2. The number of ether oxygens (including phenoxy) is 2. The number of nitrogens with zero attached hydrogens (tertiary/aromatic N) is 4. The minimum atomic E-state index is -0.567. The van der Waals surface area contributed by atoms with Crippen LogP contribution in [0.4, 0.5) is 21.7 Å². The normalized spacial score (nSPS) is 14.9. The number of ketones is 1. The number of carbonyl (C=O) groups excluding carboxylic acids is 1. The number of nitrogens with one attached hydrogen (secondary N) is 1. The van der Waals surface area contributed by atoms with Gasteiger partial charge in [0, 0.05) is 12.2 Å². The Morgan fingerprint density at radius 1 is 1.03 bits per heavy atom. The van der Waals surface area contributed by atoms with Crippen molar-refractivity contribution >= 4 is 29.0 Å². The smallest absolute Gasteiger partial charge is 0.264 e. The number of aromatic nitrogens is 2. The molecule has 2 aromatic carbocycles. The second-order valence-corrected chi connectivity index (χ2v) is 8.05. The van der Waals surface area contributed by atoms with Crippen molar-refractivity contribution in [1.82, 2.24) is 14.9 Å². The maximum absolute atomic E-state index is 13.1. The predicted octanol–water partition coefficient (Wildman–Crippen LogP) is 4.88. The summed E-state index contributed by atoms with van der Waals surface area (Å²) in [6.45, 7) is 9.52. The van der Waals surface area contributed by atoms with Gasteiger partial charge in [-0.3, -0.25) is 4.79 Å². The molecule has 2 heterocycles. The van der Waals surface area contributed by atoms with Gasteiger partial charge in [0.15, 0.2) is 0 Å². The van der Waals surface area contributed by atoms with E-state index in [2.05, 4.69) is 39.0 Å². The van der Waals surface area contributed by atoms with Gasteiger partial charge in [-0.2, -0.15) is 0 Å². The number of carbonyl (C=O) groups is 1. The SMILES string of the molecule is CCN(CC)CCOc1ccc(Nc2ncc3c(n2)C(C)C(=O)C(Oc2ccc(F)cc2)=N3)cc1. The molecule has 1 aliphatic heterocycles. The van der Waals surface area contributed by atoms with Crippen molar-refractivity contribution in [3.8, 4) is 11.5 Å². The van der Waals surface area contributed by atoms with Gasteiger partial charge in [-0.15, -0.1) is 0 Å². The third-order valence-corrected chi connectivity index (χ3v) is 5.74. The molecule has 35 heavy (non-hydrogen) atoms. The second kappa shape index (κ2) is 11.1. The average Bonchev–Trinajstić information content (AvgIpc) is 2.88. The molecular formula is C26H28FN5O3. The zero-order chi connectivity index (χ0) is 24.8. The summed E-state index contributed by atoms with van der Waals surface area (Å²) < 4.78 is 24.5. The Morgan fingerprint density at radius 2 is 1.71 bits per heavy atom. The Balaban J connectivity index is 1.42. The van der Waals surface area contributed by atoms with Crippen LogP contribution in [0.15, 0.2) is 59.7 Å². The lowest BCUT2D eigenvalue weighted by Crippen LogP contribution is -2.29. The maximum Gasteiger partial charge on any atom is 0.264 e. The Hall–Kier alpha value is -3.85. The van der Waals surface area contributed by atoms with E-state index in [1.807, 2.05) is 24.3 Å². The number of fused-ring (bicyclic) bond motifs is 1. The van der Waals surface area contributed by atoms with Gasteiger partial charge in [0.2, 0.25) is 11.7 Å². The summed E-state index contributed by atoms with van der Waals surface area (Å²) in [5, 5.41) is 3.15. The summed E-state index contributed by atoms with van der Waals surface area (Å²) in [6, 6.07) is 12.9. The van der Waals surface area contributed by atoms with Crippen molar-refractivity contribution in [2.75, 3.05) is 31.6 Å². The number of hydrogen-bond acceptors (Lipinski definition) is 8. The summed E-state index contributed by atoms with van der Waals surface area (Å²) in [5.74, 6) is 0.138. The summed E-state index contributed by atoms with van der Waals surface area (Å²) in [5.41, 5.74) is 1.76. The highest BCUT2D eigenvalue weighted by atomic mass is 19.1. The highest BCUT2D eigenvalue weighted by Gasteiger charge is 2.31. The van der Waals surface area contributed by atoms with Crippen LogP contribution in [0.3, 0.4) is 0 Å². The Morgan fingerprint density at radius 3 is 2.40 bits per heavy atom. The molecule has 0 aliphatic carbocycles. The number of anilines is 2. The first-order valence-corrected chi connectivity index (χ1v) is 11.6. The first-order valence-electron chi connectivity index (χ1n) is 11.6. The number of aliphatic imine (C=N–C) groups is 1. The molecule has 1 atom stereocenters. The molecule has 0 bridgehead atoms. The molecule has 9 heteroatoms. The number of benzene rings is 2. The fourth-order valence-electron chi connectivity index (χ4n) is 3.61. The lowest BCUT2D eigenvalue weighted by Gasteiger charge is -2.20. The van der Waals surface area contributed by atoms with E-state index in [-0.39, 0.29) is 17.5 Å². The first kappa shape index (κ1) is 24.3. The van der Waals surface area contributed by atoms with Crippen LogP contribution < -0.4 is 14.8 Å². The highest BCUT2D eigenvalue weighted by molar-refractivity contribution is 6.40. The molecule has 8 nitrogen and oxygen atoms in total. The van der Waals surface area contributed by atoms with Crippen LogP contribution in [0.25, 0.3) is 0 Å². The molecule has 0 saturated carbocycles. The van der Waals surface area contributed by atoms with E-state index >= 15 is 0 Å². The van der Waals surface area contributed by atoms with Crippen molar-refractivity contribution in [3.05, 3.63) is 66.2 Å². The lowest BCUT2D eigenvalue weighted by atomic mass is 9.98. The van der Waals surface area contributed by atoms with Gasteiger partial charge in [0.25, 0.3) is 5.90 Å². The molecule has 4 rings (SSSR count). The minimum absolute atomic E-state index is 0.0718. The molecule has 0 radical (unpaired) electrons.